The lowest BCUT2D eigenvalue weighted by atomic mass is 9.77. The molecule has 0 amide bonds. The highest BCUT2D eigenvalue weighted by molar-refractivity contribution is 5.63. The highest BCUT2D eigenvalue weighted by Crippen LogP contribution is 2.59. The van der Waals surface area contributed by atoms with Crippen LogP contribution in [-0.4, -0.2) is 30.6 Å². The van der Waals surface area contributed by atoms with E-state index in [2.05, 4.69) is 0 Å². The van der Waals surface area contributed by atoms with Crippen LogP contribution in [0.25, 0.3) is 6.08 Å². The van der Waals surface area contributed by atoms with Crippen molar-refractivity contribution in [3.63, 3.8) is 0 Å². The van der Waals surface area contributed by atoms with Gasteiger partial charge in [-0.15, -0.1) is 0 Å². The standard InChI is InChI=1S/C29H24O6/c30-19-6-1-16(2-7-19)3-10-24-25-14-23(34)15-26(35)29(25)28(18-11-21(32)13-22(33)12-18)27(24)17-4-8-20(31)9-5-17/h1-15,24,27-28,30-35H/b10-3-. The van der Waals surface area contributed by atoms with Crippen LogP contribution in [0.2, 0.25) is 0 Å². The van der Waals surface area contributed by atoms with Gasteiger partial charge in [-0.25, -0.2) is 0 Å². The van der Waals surface area contributed by atoms with Crippen LogP contribution >= 0.6 is 0 Å². The summed E-state index contributed by atoms with van der Waals surface area (Å²) >= 11 is 0. The number of aromatic hydroxyl groups is 6. The van der Waals surface area contributed by atoms with Crippen molar-refractivity contribution in [1.82, 2.24) is 0 Å². The summed E-state index contributed by atoms with van der Waals surface area (Å²) in [4.78, 5) is 0. The zero-order valence-electron chi connectivity index (χ0n) is 18.6. The van der Waals surface area contributed by atoms with Crippen LogP contribution in [-0.2, 0) is 0 Å². The molecule has 3 unspecified atom stereocenters. The maximum atomic E-state index is 10.9. The van der Waals surface area contributed by atoms with Gasteiger partial charge < -0.3 is 30.6 Å². The van der Waals surface area contributed by atoms with E-state index in [1.807, 2.05) is 12.2 Å². The third kappa shape index (κ3) is 4.22. The fourth-order valence-electron chi connectivity index (χ4n) is 5.13. The van der Waals surface area contributed by atoms with Gasteiger partial charge in [-0.3, -0.25) is 0 Å². The fraction of sp³-hybridized carbons (Fsp3) is 0.103. The van der Waals surface area contributed by atoms with Gasteiger partial charge in [0.15, 0.2) is 0 Å². The van der Waals surface area contributed by atoms with Gasteiger partial charge in [0.2, 0.25) is 0 Å². The number of phenolic OH excluding ortho intramolecular Hbond substituents is 6. The lowest BCUT2D eigenvalue weighted by molar-refractivity contribution is 0.440. The molecular formula is C29H24O6. The molecule has 6 heteroatoms. The molecule has 0 aromatic heterocycles. The molecule has 176 valence electrons. The second-order valence-electron chi connectivity index (χ2n) is 8.82. The van der Waals surface area contributed by atoms with Gasteiger partial charge in [0, 0.05) is 35.4 Å². The Kier molecular flexibility index (Phi) is 5.49. The first-order valence-corrected chi connectivity index (χ1v) is 11.1. The summed E-state index contributed by atoms with van der Waals surface area (Å²) in [6.07, 6.45) is 3.88. The van der Waals surface area contributed by atoms with Gasteiger partial charge in [-0.1, -0.05) is 36.4 Å². The van der Waals surface area contributed by atoms with Crippen molar-refractivity contribution in [2.24, 2.45) is 0 Å². The Labute approximate surface area is 201 Å². The van der Waals surface area contributed by atoms with Crippen molar-refractivity contribution in [3.8, 4) is 34.5 Å². The summed E-state index contributed by atoms with van der Waals surface area (Å²) in [5.74, 6) is -1.17. The molecule has 6 N–H and O–H groups in total. The molecule has 4 aromatic rings. The molecule has 0 aliphatic heterocycles. The van der Waals surface area contributed by atoms with E-state index in [9.17, 15) is 30.6 Å². The number of benzene rings is 4. The molecule has 6 nitrogen and oxygen atoms in total. The summed E-state index contributed by atoms with van der Waals surface area (Å²) in [5, 5.41) is 61.2. The normalized spacial score (nSPS) is 19.1. The van der Waals surface area contributed by atoms with E-state index in [1.54, 1.807) is 66.7 Å². The predicted molar refractivity (Wildman–Crippen MR) is 132 cm³/mol. The van der Waals surface area contributed by atoms with E-state index in [0.717, 1.165) is 11.1 Å². The van der Waals surface area contributed by atoms with E-state index in [-0.39, 0.29) is 46.3 Å². The highest BCUT2D eigenvalue weighted by atomic mass is 16.3. The number of fused-ring (bicyclic) bond motifs is 1. The molecule has 0 heterocycles. The molecule has 0 saturated heterocycles. The van der Waals surface area contributed by atoms with E-state index >= 15 is 0 Å². The maximum Gasteiger partial charge on any atom is 0.123 e. The van der Waals surface area contributed by atoms with E-state index in [4.69, 9.17) is 0 Å². The van der Waals surface area contributed by atoms with Gasteiger partial charge >= 0.3 is 0 Å². The van der Waals surface area contributed by atoms with Crippen molar-refractivity contribution in [2.45, 2.75) is 17.8 Å². The molecule has 0 fully saturated rings. The summed E-state index contributed by atoms with van der Waals surface area (Å²) < 4.78 is 0. The molecule has 5 rings (SSSR count). The molecular weight excluding hydrogens is 444 g/mol. The summed E-state index contributed by atoms with van der Waals surface area (Å²) in [7, 11) is 0. The smallest absolute Gasteiger partial charge is 0.123 e. The quantitative estimate of drug-likeness (QED) is 0.230. The Bertz CT molecular complexity index is 1390. The molecule has 4 aromatic carbocycles. The lowest BCUT2D eigenvalue weighted by Gasteiger charge is -2.26. The topological polar surface area (TPSA) is 121 Å². The van der Waals surface area contributed by atoms with Gasteiger partial charge in [0.25, 0.3) is 0 Å². The monoisotopic (exact) mass is 468 g/mol. The largest absolute Gasteiger partial charge is 0.508 e. The third-order valence-electron chi connectivity index (χ3n) is 6.54. The first-order valence-electron chi connectivity index (χ1n) is 11.1. The Morgan fingerprint density at radius 1 is 0.543 bits per heavy atom. The van der Waals surface area contributed by atoms with Crippen molar-refractivity contribution in [3.05, 3.63) is 113 Å². The maximum absolute atomic E-state index is 10.9. The van der Waals surface area contributed by atoms with Gasteiger partial charge in [-0.05, 0) is 64.7 Å². The molecule has 3 atom stereocenters. The Morgan fingerprint density at radius 2 is 1.11 bits per heavy atom. The Balaban J connectivity index is 1.73. The van der Waals surface area contributed by atoms with Crippen LogP contribution < -0.4 is 0 Å². The predicted octanol–water partition coefficient (Wildman–Crippen LogP) is 5.65. The number of allylic oxidation sites excluding steroid dienone is 1. The molecule has 1 aliphatic carbocycles. The zero-order valence-corrected chi connectivity index (χ0v) is 18.6. The summed E-state index contributed by atoms with van der Waals surface area (Å²) in [5.41, 5.74) is 3.63. The van der Waals surface area contributed by atoms with Crippen molar-refractivity contribution in [1.29, 1.82) is 0 Å². The minimum atomic E-state index is -0.470. The minimum absolute atomic E-state index is 0.0758. The van der Waals surface area contributed by atoms with Crippen LogP contribution in [0, 0.1) is 0 Å². The number of phenols is 6. The van der Waals surface area contributed by atoms with E-state index in [0.29, 0.717) is 16.7 Å². The second-order valence-corrected chi connectivity index (χ2v) is 8.82. The van der Waals surface area contributed by atoms with Gasteiger partial charge in [0.1, 0.15) is 34.5 Å². The van der Waals surface area contributed by atoms with E-state index in [1.165, 1.54) is 12.1 Å². The van der Waals surface area contributed by atoms with Gasteiger partial charge in [0.05, 0.1) is 0 Å². The van der Waals surface area contributed by atoms with E-state index < -0.39 is 5.92 Å². The molecule has 35 heavy (non-hydrogen) atoms. The Morgan fingerprint density at radius 3 is 1.74 bits per heavy atom. The van der Waals surface area contributed by atoms with Crippen LogP contribution in [0.1, 0.15) is 45.6 Å². The van der Waals surface area contributed by atoms with Crippen molar-refractivity contribution < 1.29 is 30.6 Å². The first-order chi connectivity index (χ1) is 16.8. The minimum Gasteiger partial charge on any atom is -0.508 e. The molecule has 0 saturated carbocycles. The average molecular weight is 469 g/mol. The number of rotatable bonds is 4. The lowest BCUT2D eigenvalue weighted by Crippen LogP contribution is -2.11. The van der Waals surface area contributed by atoms with Crippen LogP contribution in [0.3, 0.4) is 0 Å². The van der Waals surface area contributed by atoms with Crippen molar-refractivity contribution in [2.75, 3.05) is 0 Å². The SMILES string of the molecule is Oc1ccc(/C=C\C2c3cc(O)cc(O)c3C(c3cc(O)cc(O)c3)C2c2ccc(O)cc2)cc1. The molecule has 0 bridgehead atoms. The fourth-order valence-corrected chi connectivity index (χ4v) is 5.13. The van der Waals surface area contributed by atoms with Crippen LogP contribution in [0.5, 0.6) is 34.5 Å². The van der Waals surface area contributed by atoms with Crippen LogP contribution in [0.15, 0.2) is 84.9 Å². The molecule has 0 spiro atoms. The van der Waals surface area contributed by atoms with Gasteiger partial charge in [-0.2, -0.15) is 0 Å². The molecule has 0 radical (unpaired) electrons. The zero-order chi connectivity index (χ0) is 24.7. The third-order valence-corrected chi connectivity index (χ3v) is 6.54. The summed E-state index contributed by atoms with van der Waals surface area (Å²) in [6, 6.07) is 20.8. The first kappa shape index (κ1) is 22.2. The number of hydrogen-bond acceptors (Lipinski definition) is 6. The number of hydrogen-bond donors (Lipinski definition) is 6. The second kappa shape index (κ2) is 8.65. The Hall–Kier alpha value is -4.58. The highest BCUT2D eigenvalue weighted by Gasteiger charge is 2.43. The summed E-state index contributed by atoms with van der Waals surface area (Å²) in [6.45, 7) is 0. The molecule has 1 aliphatic rings. The van der Waals surface area contributed by atoms with Crippen molar-refractivity contribution >= 4 is 6.08 Å². The average Bonchev–Trinajstić information content (AvgIpc) is 3.13. The van der Waals surface area contributed by atoms with Crippen LogP contribution in [0.4, 0.5) is 0 Å².